The van der Waals surface area contributed by atoms with E-state index in [0.29, 0.717) is 10.6 Å². The van der Waals surface area contributed by atoms with Gasteiger partial charge >= 0.3 is 0 Å². The summed E-state index contributed by atoms with van der Waals surface area (Å²) in [6.07, 6.45) is 5.57. The largest absolute Gasteiger partial charge is 0.384 e. The summed E-state index contributed by atoms with van der Waals surface area (Å²) >= 11 is 5.83. The molecule has 4 aliphatic carbocycles. The van der Waals surface area contributed by atoms with Gasteiger partial charge in [-0.25, -0.2) is 4.39 Å². The van der Waals surface area contributed by atoms with E-state index in [9.17, 15) is 9.50 Å². The Morgan fingerprint density at radius 2 is 1.63 bits per heavy atom. The van der Waals surface area contributed by atoms with E-state index in [1.54, 1.807) is 12.1 Å². The van der Waals surface area contributed by atoms with E-state index in [2.05, 4.69) is 0 Å². The summed E-state index contributed by atoms with van der Waals surface area (Å²) in [6, 6.07) is 4.73. The Labute approximate surface area is 117 Å². The Kier molecular flexibility index (Phi) is 2.53. The lowest BCUT2D eigenvalue weighted by Gasteiger charge is -2.59. The van der Waals surface area contributed by atoms with Gasteiger partial charge in [0.1, 0.15) is 5.82 Å². The molecule has 4 bridgehead atoms. The quantitative estimate of drug-likeness (QED) is 0.820. The molecule has 3 heteroatoms. The summed E-state index contributed by atoms with van der Waals surface area (Å²) < 4.78 is 14.3. The predicted octanol–water partition coefficient (Wildman–Crippen LogP) is 4.12. The minimum absolute atomic E-state index is 0.236. The summed E-state index contributed by atoms with van der Waals surface area (Å²) in [7, 11) is 0. The number of halogens is 2. The lowest BCUT2D eigenvalue weighted by Crippen LogP contribution is -2.55. The van der Waals surface area contributed by atoms with Crippen LogP contribution in [0.5, 0.6) is 0 Å². The fourth-order valence-corrected chi connectivity index (χ4v) is 5.32. The Bertz CT molecular complexity index is 499. The van der Waals surface area contributed by atoms with Gasteiger partial charge in [-0.1, -0.05) is 17.7 Å². The van der Waals surface area contributed by atoms with Crippen molar-refractivity contribution in [1.82, 2.24) is 0 Å². The number of benzene rings is 1. The lowest BCUT2D eigenvalue weighted by atomic mass is 9.48. The first-order valence-corrected chi connectivity index (χ1v) is 7.63. The minimum atomic E-state index is -0.956. The summed E-state index contributed by atoms with van der Waals surface area (Å²) in [6.45, 7) is 0. The van der Waals surface area contributed by atoms with E-state index in [-0.39, 0.29) is 17.7 Å². The molecule has 0 saturated heterocycles. The van der Waals surface area contributed by atoms with Crippen LogP contribution in [0.1, 0.15) is 37.7 Å². The highest BCUT2D eigenvalue weighted by Crippen LogP contribution is 2.62. The summed E-state index contributed by atoms with van der Waals surface area (Å²) in [4.78, 5) is 0. The topological polar surface area (TPSA) is 20.2 Å². The molecular formula is C16H18ClFO. The fraction of sp³-hybridized carbons (Fsp3) is 0.625. The van der Waals surface area contributed by atoms with Gasteiger partial charge in [0.05, 0.1) is 5.60 Å². The monoisotopic (exact) mass is 280 g/mol. The van der Waals surface area contributed by atoms with Crippen molar-refractivity contribution in [1.29, 1.82) is 0 Å². The van der Waals surface area contributed by atoms with Crippen molar-refractivity contribution >= 4 is 11.6 Å². The molecule has 0 amide bonds. The minimum Gasteiger partial charge on any atom is -0.384 e. The molecule has 5 rings (SSSR count). The zero-order valence-electron chi connectivity index (χ0n) is 10.8. The molecule has 1 aromatic rings. The normalized spacial score (nSPS) is 43.7. The molecule has 102 valence electrons. The highest BCUT2D eigenvalue weighted by Gasteiger charge is 2.57. The van der Waals surface area contributed by atoms with E-state index in [4.69, 9.17) is 11.6 Å². The van der Waals surface area contributed by atoms with E-state index in [1.807, 2.05) is 0 Å². The zero-order valence-corrected chi connectivity index (χ0v) is 11.5. The zero-order chi connectivity index (χ0) is 13.2. The molecule has 0 aliphatic heterocycles. The maximum Gasteiger partial charge on any atom is 0.130 e. The Hall–Kier alpha value is -0.600. The Balaban J connectivity index is 1.80. The van der Waals surface area contributed by atoms with Gasteiger partial charge in [-0.3, -0.25) is 0 Å². The van der Waals surface area contributed by atoms with Crippen molar-refractivity contribution in [3.8, 4) is 0 Å². The summed E-state index contributed by atoms with van der Waals surface area (Å²) in [5.74, 6) is 1.65. The molecule has 1 aromatic carbocycles. The molecule has 0 spiro atoms. The third-order valence-electron chi connectivity index (χ3n) is 5.75. The van der Waals surface area contributed by atoms with Crippen molar-refractivity contribution in [2.45, 2.75) is 37.7 Å². The predicted molar refractivity (Wildman–Crippen MR) is 72.4 cm³/mol. The highest BCUT2D eigenvalue weighted by molar-refractivity contribution is 6.30. The number of hydrogen-bond acceptors (Lipinski definition) is 1. The van der Waals surface area contributed by atoms with Gasteiger partial charge in [-0.2, -0.15) is 0 Å². The van der Waals surface area contributed by atoms with Crippen LogP contribution in [0.15, 0.2) is 18.2 Å². The first-order chi connectivity index (χ1) is 9.07. The highest BCUT2D eigenvalue weighted by atomic mass is 35.5. The van der Waals surface area contributed by atoms with Crippen molar-refractivity contribution < 1.29 is 9.50 Å². The standard InChI is InChI=1S/C16H18ClFO/c17-13-1-2-14(15(18)8-13)16(19)11-4-9-3-10(6-11)7-12(16)5-9/h1-2,8-12,19H,3-7H2. The molecule has 4 fully saturated rings. The van der Waals surface area contributed by atoms with Crippen LogP contribution in [0.3, 0.4) is 0 Å². The van der Waals surface area contributed by atoms with Crippen molar-refractivity contribution in [3.63, 3.8) is 0 Å². The van der Waals surface area contributed by atoms with Crippen molar-refractivity contribution in [2.24, 2.45) is 23.7 Å². The Morgan fingerprint density at radius 3 is 2.16 bits per heavy atom. The van der Waals surface area contributed by atoms with Crippen LogP contribution in [0, 0.1) is 29.5 Å². The van der Waals surface area contributed by atoms with E-state index in [1.165, 1.54) is 12.5 Å². The van der Waals surface area contributed by atoms with Crippen LogP contribution in [0.25, 0.3) is 0 Å². The van der Waals surface area contributed by atoms with Crippen LogP contribution in [-0.4, -0.2) is 5.11 Å². The van der Waals surface area contributed by atoms with Gasteiger partial charge in [-0.15, -0.1) is 0 Å². The van der Waals surface area contributed by atoms with Crippen molar-refractivity contribution in [3.05, 3.63) is 34.6 Å². The smallest absolute Gasteiger partial charge is 0.130 e. The van der Waals surface area contributed by atoms with Gasteiger partial charge in [-0.05, 0) is 67.9 Å². The van der Waals surface area contributed by atoms with E-state index in [0.717, 1.165) is 37.5 Å². The van der Waals surface area contributed by atoms with Crippen LogP contribution >= 0.6 is 11.6 Å². The van der Waals surface area contributed by atoms with Crippen LogP contribution < -0.4 is 0 Å². The second kappa shape index (κ2) is 3.95. The van der Waals surface area contributed by atoms with E-state index < -0.39 is 5.60 Å². The molecule has 0 heterocycles. The fourth-order valence-electron chi connectivity index (χ4n) is 5.16. The number of rotatable bonds is 1. The third-order valence-corrected chi connectivity index (χ3v) is 5.98. The summed E-state index contributed by atoms with van der Waals surface area (Å²) in [5, 5.41) is 11.6. The first kappa shape index (κ1) is 12.2. The molecule has 1 nitrogen and oxygen atoms in total. The van der Waals surface area contributed by atoms with E-state index >= 15 is 0 Å². The molecule has 0 aromatic heterocycles. The molecule has 0 unspecified atom stereocenters. The molecule has 1 N–H and O–H groups in total. The van der Waals surface area contributed by atoms with Crippen molar-refractivity contribution in [2.75, 3.05) is 0 Å². The van der Waals surface area contributed by atoms with Gasteiger partial charge in [0.25, 0.3) is 0 Å². The molecule has 19 heavy (non-hydrogen) atoms. The van der Waals surface area contributed by atoms with Gasteiger partial charge in [0.15, 0.2) is 0 Å². The summed E-state index contributed by atoms with van der Waals surface area (Å²) in [5.41, 5.74) is -0.479. The second-order valence-electron chi connectivity index (χ2n) is 6.75. The maximum atomic E-state index is 14.3. The first-order valence-electron chi connectivity index (χ1n) is 7.25. The molecule has 0 atom stereocenters. The molecule has 4 aliphatic rings. The third kappa shape index (κ3) is 1.62. The average molecular weight is 281 g/mol. The molecular weight excluding hydrogens is 263 g/mol. The lowest BCUT2D eigenvalue weighted by molar-refractivity contribution is -0.180. The van der Waals surface area contributed by atoms with Gasteiger partial charge < -0.3 is 5.11 Å². The molecule has 0 radical (unpaired) electrons. The Morgan fingerprint density at radius 1 is 1.05 bits per heavy atom. The number of aliphatic hydroxyl groups is 1. The van der Waals surface area contributed by atoms with Crippen LogP contribution in [0.2, 0.25) is 5.02 Å². The molecule has 4 saturated carbocycles. The van der Waals surface area contributed by atoms with Crippen LogP contribution in [0.4, 0.5) is 4.39 Å². The number of hydrogen-bond donors (Lipinski definition) is 1. The second-order valence-corrected chi connectivity index (χ2v) is 7.19. The SMILES string of the molecule is OC1(c2ccc(Cl)cc2F)C2CC3CC(C2)CC1C3. The van der Waals surface area contributed by atoms with Crippen LogP contribution in [-0.2, 0) is 5.60 Å². The average Bonchev–Trinajstić information content (AvgIpc) is 2.34. The van der Waals surface area contributed by atoms with Gasteiger partial charge in [0.2, 0.25) is 0 Å². The maximum absolute atomic E-state index is 14.3. The van der Waals surface area contributed by atoms with Gasteiger partial charge in [0, 0.05) is 10.6 Å².